The second kappa shape index (κ2) is 11.3. The van der Waals surface area contributed by atoms with Crippen LogP contribution in [0.1, 0.15) is 24.0 Å². The van der Waals surface area contributed by atoms with Crippen molar-refractivity contribution in [1.29, 1.82) is 0 Å². The van der Waals surface area contributed by atoms with Gasteiger partial charge in [-0.1, -0.05) is 35.9 Å². The lowest BCUT2D eigenvalue weighted by molar-refractivity contribution is 0.0669. The van der Waals surface area contributed by atoms with Gasteiger partial charge in [0.15, 0.2) is 0 Å². The van der Waals surface area contributed by atoms with Crippen LogP contribution in [-0.4, -0.2) is 57.8 Å². The maximum absolute atomic E-state index is 11.6. The summed E-state index contributed by atoms with van der Waals surface area (Å²) in [4.78, 5) is 2.30. The number of sulfonamides is 1. The van der Waals surface area contributed by atoms with Gasteiger partial charge >= 0.3 is 0 Å². The summed E-state index contributed by atoms with van der Waals surface area (Å²) in [6, 6.07) is 14.8. The molecule has 1 saturated carbocycles. The van der Waals surface area contributed by atoms with E-state index >= 15 is 0 Å². The molecular formula is C23H31ClN2O4S. The van der Waals surface area contributed by atoms with Gasteiger partial charge in [0.1, 0.15) is 18.5 Å². The number of hydrogen-bond acceptors (Lipinski definition) is 5. The van der Waals surface area contributed by atoms with E-state index in [0.717, 1.165) is 30.5 Å². The van der Waals surface area contributed by atoms with Crippen LogP contribution in [-0.2, 0) is 22.2 Å². The summed E-state index contributed by atoms with van der Waals surface area (Å²) in [5.41, 5.74) is 1.87. The van der Waals surface area contributed by atoms with Crippen LogP contribution in [0, 0.1) is 5.92 Å². The molecule has 2 aromatic rings. The molecule has 31 heavy (non-hydrogen) atoms. The molecule has 1 atom stereocenters. The van der Waals surface area contributed by atoms with Crippen LogP contribution in [0.25, 0.3) is 0 Å². The number of aliphatic hydroxyl groups excluding tert-OH is 1. The summed E-state index contributed by atoms with van der Waals surface area (Å²) in [6.45, 7) is 2.59. The highest BCUT2D eigenvalue weighted by molar-refractivity contribution is 7.88. The summed E-state index contributed by atoms with van der Waals surface area (Å²) in [5.74, 6) is 1.26. The Morgan fingerprint density at radius 1 is 1.19 bits per heavy atom. The third-order valence-electron chi connectivity index (χ3n) is 5.32. The van der Waals surface area contributed by atoms with Gasteiger partial charge in [0.05, 0.1) is 5.75 Å². The predicted octanol–water partition coefficient (Wildman–Crippen LogP) is 3.08. The summed E-state index contributed by atoms with van der Waals surface area (Å²) in [7, 11) is -1.90. The number of benzene rings is 2. The Hall–Kier alpha value is -1.64. The van der Waals surface area contributed by atoms with Crippen molar-refractivity contribution in [2.24, 2.45) is 5.92 Å². The molecule has 2 N–H and O–H groups in total. The number of nitrogens with zero attached hydrogens (tertiary/aromatic N) is 1. The molecule has 3 rings (SSSR count). The first-order valence-corrected chi connectivity index (χ1v) is 12.6. The molecule has 0 bridgehead atoms. The molecule has 8 heteroatoms. The Kier molecular flexibility index (Phi) is 8.75. The minimum absolute atomic E-state index is 0.0742. The Labute approximate surface area is 190 Å². The van der Waals surface area contributed by atoms with E-state index in [2.05, 4.69) is 15.7 Å². The van der Waals surface area contributed by atoms with Crippen molar-refractivity contribution in [2.45, 2.75) is 31.1 Å². The van der Waals surface area contributed by atoms with E-state index in [-0.39, 0.29) is 12.4 Å². The Morgan fingerprint density at radius 2 is 1.94 bits per heavy atom. The van der Waals surface area contributed by atoms with Gasteiger partial charge in [-0.3, -0.25) is 0 Å². The lowest BCUT2D eigenvalue weighted by Crippen LogP contribution is -2.38. The molecule has 0 aromatic heterocycles. The largest absolute Gasteiger partial charge is 0.491 e. The van der Waals surface area contributed by atoms with Gasteiger partial charge in [0, 0.05) is 24.7 Å². The maximum atomic E-state index is 11.6. The zero-order valence-corrected chi connectivity index (χ0v) is 19.4. The first kappa shape index (κ1) is 24.0. The van der Waals surface area contributed by atoms with Crippen molar-refractivity contribution in [2.75, 3.05) is 33.3 Å². The SMILES string of the molecule is CNS(=O)(=O)Cc1ccc(OCC(O)CN(CCc2cccc(Cl)c2)CC2CC2)cc1. The van der Waals surface area contributed by atoms with Crippen molar-refractivity contribution in [3.05, 3.63) is 64.7 Å². The van der Waals surface area contributed by atoms with Crippen molar-refractivity contribution >= 4 is 21.6 Å². The van der Waals surface area contributed by atoms with Gasteiger partial charge in [-0.05, 0) is 67.6 Å². The van der Waals surface area contributed by atoms with Crippen LogP contribution in [0.15, 0.2) is 48.5 Å². The van der Waals surface area contributed by atoms with Crippen molar-refractivity contribution in [1.82, 2.24) is 9.62 Å². The highest BCUT2D eigenvalue weighted by Crippen LogP contribution is 2.30. The van der Waals surface area contributed by atoms with E-state index in [1.807, 2.05) is 18.2 Å². The Morgan fingerprint density at radius 3 is 2.58 bits per heavy atom. The summed E-state index contributed by atoms with van der Waals surface area (Å²) in [5, 5.41) is 11.3. The number of rotatable bonds is 13. The molecule has 0 spiro atoms. The lowest BCUT2D eigenvalue weighted by atomic mass is 10.1. The van der Waals surface area contributed by atoms with Crippen molar-refractivity contribution in [3.8, 4) is 5.75 Å². The van der Waals surface area contributed by atoms with Crippen LogP contribution >= 0.6 is 11.6 Å². The highest BCUT2D eigenvalue weighted by Gasteiger charge is 2.25. The standard InChI is InChI=1S/C23H31ClN2O4S/c1-25-31(28,29)17-20-7-9-23(10-8-20)30-16-22(27)15-26(14-19-5-6-19)12-11-18-3-2-4-21(24)13-18/h2-4,7-10,13,19,22,25,27H,5-6,11-12,14-17H2,1H3. The van der Waals surface area contributed by atoms with E-state index < -0.39 is 16.1 Å². The zero-order valence-electron chi connectivity index (χ0n) is 17.8. The molecule has 0 radical (unpaired) electrons. The van der Waals surface area contributed by atoms with Crippen LogP contribution in [0.4, 0.5) is 0 Å². The monoisotopic (exact) mass is 466 g/mol. The first-order chi connectivity index (χ1) is 14.8. The number of nitrogens with one attached hydrogen (secondary N) is 1. The quantitative estimate of drug-likeness (QED) is 0.474. The molecule has 1 unspecified atom stereocenters. The van der Waals surface area contributed by atoms with Crippen LogP contribution in [0.2, 0.25) is 5.02 Å². The highest BCUT2D eigenvalue weighted by atomic mass is 35.5. The second-order valence-corrected chi connectivity index (χ2v) is 10.5. The number of halogens is 1. The van der Waals surface area contributed by atoms with Gasteiger partial charge in [-0.25, -0.2) is 13.1 Å². The molecule has 6 nitrogen and oxygen atoms in total. The zero-order chi connectivity index (χ0) is 22.3. The van der Waals surface area contributed by atoms with Gasteiger partial charge in [0.2, 0.25) is 10.0 Å². The van der Waals surface area contributed by atoms with Crippen LogP contribution in [0.5, 0.6) is 5.75 Å². The third kappa shape index (κ3) is 8.79. The van der Waals surface area contributed by atoms with E-state index in [9.17, 15) is 13.5 Å². The van der Waals surface area contributed by atoms with E-state index in [1.165, 1.54) is 25.5 Å². The molecule has 1 aliphatic rings. The van der Waals surface area contributed by atoms with Crippen LogP contribution < -0.4 is 9.46 Å². The third-order valence-corrected chi connectivity index (χ3v) is 6.89. The average Bonchev–Trinajstić information content (AvgIpc) is 3.55. The lowest BCUT2D eigenvalue weighted by Gasteiger charge is -2.25. The van der Waals surface area contributed by atoms with E-state index in [0.29, 0.717) is 17.9 Å². The normalized spacial score (nSPS) is 15.2. The van der Waals surface area contributed by atoms with E-state index in [4.69, 9.17) is 16.3 Å². The minimum Gasteiger partial charge on any atom is -0.491 e. The van der Waals surface area contributed by atoms with Gasteiger partial charge in [-0.15, -0.1) is 0 Å². The van der Waals surface area contributed by atoms with Gasteiger partial charge in [0.25, 0.3) is 0 Å². The maximum Gasteiger partial charge on any atom is 0.215 e. The van der Waals surface area contributed by atoms with E-state index in [1.54, 1.807) is 24.3 Å². The van der Waals surface area contributed by atoms with Gasteiger partial charge in [-0.2, -0.15) is 0 Å². The molecule has 0 heterocycles. The molecule has 1 aliphatic carbocycles. The average molecular weight is 467 g/mol. The molecule has 0 aliphatic heterocycles. The van der Waals surface area contributed by atoms with Gasteiger partial charge < -0.3 is 14.7 Å². The Balaban J connectivity index is 1.47. The smallest absolute Gasteiger partial charge is 0.215 e. The van der Waals surface area contributed by atoms with Crippen molar-refractivity contribution in [3.63, 3.8) is 0 Å². The summed E-state index contributed by atoms with van der Waals surface area (Å²) >= 11 is 6.08. The fourth-order valence-electron chi connectivity index (χ4n) is 3.42. The molecule has 0 amide bonds. The predicted molar refractivity (Wildman–Crippen MR) is 124 cm³/mol. The minimum atomic E-state index is -3.30. The summed E-state index contributed by atoms with van der Waals surface area (Å²) < 4.78 is 31.3. The van der Waals surface area contributed by atoms with Crippen LogP contribution in [0.3, 0.4) is 0 Å². The fraction of sp³-hybridized carbons (Fsp3) is 0.478. The topological polar surface area (TPSA) is 78.9 Å². The number of hydrogen-bond donors (Lipinski definition) is 2. The fourth-order valence-corrected chi connectivity index (χ4v) is 4.41. The number of aliphatic hydroxyl groups is 1. The molecule has 170 valence electrons. The second-order valence-electron chi connectivity index (χ2n) is 8.15. The first-order valence-electron chi connectivity index (χ1n) is 10.6. The van der Waals surface area contributed by atoms with Crippen molar-refractivity contribution < 1.29 is 18.3 Å². The molecular weight excluding hydrogens is 436 g/mol. The molecule has 1 fully saturated rings. The molecule has 2 aromatic carbocycles. The number of ether oxygens (including phenoxy) is 1. The Bertz CT molecular complexity index is 933. The molecule has 0 saturated heterocycles. The summed E-state index contributed by atoms with van der Waals surface area (Å²) in [6.07, 6.45) is 2.80.